The second-order valence-corrected chi connectivity index (χ2v) is 7.52. The maximum atomic E-state index is 14.6. The van der Waals surface area contributed by atoms with Crippen molar-refractivity contribution in [3.05, 3.63) is 33.0 Å². The smallest absolute Gasteiger partial charge is 0.434 e. The molecular weight excluding hydrogens is 525 g/mol. The number of ether oxygens (including phenoxy) is 4. The van der Waals surface area contributed by atoms with Crippen molar-refractivity contribution >= 4 is 39.7 Å². The average Bonchev–Trinajstić information content (AvgIpc) is 2.95. The van der Waals surface area contributed by atoms with Gasteiger partial charge in [0.15, 0.2) is 0 Å². The molecule has 0 N–H and O–H groups in total. The normalized spacial score (nSPS) is 11.9. The molecule has 1 atom stereocenters. The predicted octanol–water partition coefficient (Wildman–Crippen LogP) is 5.70. The summed E-state index contributed by atoms with van der Waals surface area (Å²) in [5.74, 6) is -2.25. The summed E-state index contributed by atoms with van der Waals surface area (Å²) in [6.45, 7) is 0.209. The van der Waals surface area contributed by atoms with Crippen LogP contribution in [-0.4, -0.2) is 41.4 Å². The van der Waals surface area contributed by atoms with Crippen LogP contribution in [0.1, 0.15) is 37.0 Å². The van der Waals surface area contributed by atoms with E-state index in [1.54, 1.807) is 0 Å². The Morgan fingerprint density at radius 3 is 2.59 bits per heavy atom. The first-order chi connectivity index (χ1) is 15.0. The highest BCUT2D eigenvalue weighted by Gasteiger charge is 2.25. The number of aryl methyl sites for hydroxylation is 1. The average molecular weight is 544 g/mol. The molecule has 0 saturated carbocycles. The van der Waals surface area contributed by atoms with Crippen molar-refractivity contribution in [3.8, 4) is 17.1 Å². The number of hydrogen-bond donors (Lipinski definition) is 0. The summed E-state index contributed by atoms with van der Waals surface area (Å²) in [4.78, 5) is 24.0. The number of unbranched alkanes of at least 4 members (excludes halogenated alkanes) is 1. The Hall–Kier alpha value is -2.47. The molecule has 1 unspecified atom stereocenters. The monoisotopic (exact) mass is 542 g/mol. The molecular formula is C19H19BrClF3N2O6. The van der Waals surface area contributed by atoms with E-state index in [2.05, 4.69) is 25.8 Å². The van der Waals surface area contributed by atoms with E-state index < -0.39 is 30.8 Å². The van der Waals surface area contributed by atoms with Gasteiger partial charge in [0.05, 0.1) is 17.2 Å². The first-order valence-electron chi connectivity index (χ1n) is 9.26. The van der Waals surface area contributed by atoms with Crippen LogP contribution in [0.4, 0.5) is 18.0 Å². The van der Waals surface area contributed by atoms with Crippen LogP contribution in [-0.2, 0) is 21.3 Å². The van der Waals surface area contributed by atoms with Gasteiger partial charge in [0.25, 0.3) is 0 Å². The molecule has 13 heteroatoms. The van der Waals surface area contributed by atoms with E-state index in [0.717, 1.165) is 23.2 Å². The molecule has 1 aromatic heterocycles. The number of benzene rings is 1. The fourth-order valence-electron chi connectivity index (χ4n) is 2.46. The first kappa shape index (κ1) is 25.8. The van der Waals surface area contributed by atoms with Crippen molar-refractivity contribution in [2.45, 2.75) is 39.6 Å². The Kier molecular flexibility index (Phi) is 9.20. The molecule has 2 aromatic rings. The van der Waals surface area contributed by atoms with E-state index in [1.807, 2.05) is 6.92 Å². The molecule has 1 heterocycles. The zero-order chi connectivity index (χ0) is 24.0. The molecule has 32 heavy (non-hydrogen) atoms. The molecule has 0 aliphatic rings. The van der Waals surface area contributed by atoms with E-state index in [4.69, 9.17) is 25.8 Å². The molecule has 0 radical (unpaired) electrons. The number of halogens is 5. The zero-order valence-corrected chi connectivity index (χ0v) is 19.5. The van der Waals surface area contributed by atoms with Crippen molar-refractivity contribution in [1.29, 1.82) is 0 Å². The standard InChI is InChI=1S/C19H19BrClF3N2O6/c1-4-5-6-29-19(28)31-9(2)30-17(27)10-7-11(13(22)8-12(10)21)15-14(20)16(26(3)25-15)32-18(23)24/h7-9,18H,4-6H2,1-3H3. The summed E-state index contributed by atoms with van der Waals surface area (Å²) in [6.07, 6.45) is -0.891. The van der Waals surface area contributed by atoms with Crippen LogP contribution in [0.15, 0.2) is 16.6 Å². The van der Waals surface area contributed by atoms with Crippen LogP contribution in [0.25, 0.3) is 11.3 Å². The van der Waals surface area contributed by atoms with Crippen molar-refractivity contribution < 1.29 is 41.7 Å². The van der Waals surface area contributed by atoms with Crippen molar-refractivity contribution in [2.24, 2.45) is 7.05 Å². The van der Waals surface area contributed by atoms with Crippen LogP contribution in [0.3, 0.4) is 0 Å². The minimum absolute atomic E-state index is 0.0626. The number of nitrogens with zero attached hydrogens (tertiary/aromatic N) is 2. The zero-order valence-electron chi connectivity index (χ0n) is 17.2. The fraction of sp³-hybridized carbons (Fsp3) is 0.421. The second kappa shape index (κ2) is 11.4. The lowest BCUT2D eigenvalue weighted by Gasteiger charge is -2.15. The molecule has 0 amide bonds. The summed E-state index contributed by atoms with van der Waals surface area (Å²) >= 11 is 9.01. The summed E-state index contributed by atoms with van der Waals surface area (Å²) in [5, 5.41) is 3.66. The van der Waals surface area contributed by atoms with Gasteiger partial charge in [-0.25, -0.2) is 18.7 Å². The van der Waals surface area contributed by atoms with Crippen LogP contribution < -0.4 is 4.74 Å². The minimum Gasteiger partial charge on any atom is -0.434 e. The van der Waals surface area contributed by atoms with E-state index in [-0.39, 0.29) is 38.8 Å². The predicted molar refractivity (Wildman–Crippen MR) is 110 cm³/mol. The highest BCUT2D eigenvalue weighted by molar-refractivity contribution is 9.10. The number of alkyl halides is 2. The molecule has 176 valence electrons. The lowest BCUT2D eigenvalue weighted by molar-refractivity contribution is -0.0820. The van der Waals surface area contributed by atoms with Crippen LogP contribution in [0, 0.1) is 5.82 Å². The SMILES string of the molecule is CCCCOC(=O)OC(C)OC(=O)c1cc(-c2nn(C)c(OC(F)F)c2Br)c(F)cc1Cl. The summed E-state index contributed by atoms with van der Waals surface area (Å²) in [7, 11) is 1.31. The van der Waals surface area contributed by atoms with Gasteiger partial charge in [-0.1, -0.05) is 24.9 Å². The third-order valence-electron chi connectivity index (χ3n) is 3.93. The van der Waals surface area contributed by atoms with Gasteiger partial charge in [-0.2, -0.15) is 13.9 Å². The molecule has 0 fully saturated rings. The number of esters is 1. The lowest BCUT2D eigenvalue weighted by atomic mass is 10.1. The van der Waals surface area contributed by atoms with Gasteiger partial charge < -0.3 is 18.9 Å². The lowest BCUT2D eigenvalue weighted by Crippen LogP contribution is -2.23. The van der Waals surface area contributed by atoms with Crippen LogP contribution in [0.2, 0.25) is 5.02 Å². The minimum atomic E-state index is -3.13. The Bertz CT molecular complexity index is 988. The Labute approximate surface area is 194 Å². The Morgan fingerprint density at radius 1 is 1.28 bits per heavy atom. The Morgan fingerprint density at radius 2 is 1.97 bits per heavy atom. The summed E-state index contributed by atoms with van der Waals surface area (Å²) < 4.78 is 59.7. The van der Waals surface area contributed by atoms with E-state index >= 15 is 0 Å². The highest BCUT2D eigenvalue weighted by atomic mass is 79.9. The number of aromatic nitrogens is 2. The third kappa shape index (κ3) is 6.52. The number of carbonyl (C=O) groups is 2. The molecule has 8 nitrogen and oxygen atoms in total. The van der Waals surface area contributed by atoms with Gasteiger partial charge in [-0.05, 0) is 34.5 Å². The maximum Gasteiger partial charge on any atom is 0.511 e. The molecule has 0 bridgehead atoms. The van der Waals surface area contributed by atoms with E-state index in [0.29, 0.717) is 6.42 Å². The van der Waals surface area contributed by atoms with E-state index in [9.17, 15) is 22.8 Å². The van der Waals surface area contributed by atoms with E-state index in [1.165, 1.54) is 14.0 Å². The quantitative estimate of drug-likeness (QED) is 0.228. The molecule has 0 aliphatic carbocycles. The third-order valence-corrected chi connectivity index (χ3v) is 4.95. The fourth-order valence-corrected chi connectivity index (χ4v) is 3.33. The molecule has 0 aliphatic heterocycles. The van der Waals surface area contributed by atoms with Gasteiger partial charge in [0.1, 0.15) is 16.0 Å². The second-order valence-electron chi connectivity index (χ2n) is 6.32. The van der Waals surface area contributed by atoms with Gasteiger partial charge in [-0.15, -0.1) is 0 Å². The molecule has 2 rings (SSSR count). The number of rotatable bonds is 9. The van der Waals surface area contributed by atoms with Crippen molar-refractivity contribution in [3.63, 3.8) is 0 Å². The number of hydrogen-bond acceptors (Lipinski definition) is 7. The van der Waals surface area contributed by atoms with Gasteiger partial charge in [0, 0.05) is 19.5 Å². The number of carbonyl (C=O) groups excluding carboxylic acids is 2. The van der Waals surface area contributed by atoms with Crippen molar-refractivity contribution in [2.75, 3.05) is 6.61 Å². The van der Waals surface area contributed by atoms with Crippen molar-refractivity contribution in [1.82, 2.24) is 9.78 Å². The maximum absolute atomic E-state index is 14.6. The largest absolute Gasteiger partial charge is 0.511 e. The van der Waals surface area contributed by atoms with Crippen LogP contribution >= 0.6 is 27.5 Å². The molecule has 0 spiro atoms. The Balaban J connectivity index is 2.24. The summed E-state index contributed by atoms with van der Waals surface area (Å²) in [5.41, 5.74) is -0.623. The highest BCUT2D eigenvalue weighted by Crippen LogP contribution is 2.38. The molecule has 0 saturated heterocycles. The summed E-state index contributed by atoms with van der Waals surface area (Å²) in [6, 6.07) is 1.87. The first-order valence-corrected chi connectivity index (χ1v) is 10.4. The van der Waals surface area contributed by atoms with Gasteiger partial charge in [0.2, 0.25) is 12.2 Å². The van der Waals surface area contributed by atoms with Gasteiger partial charge in [-0.3, -0.25) is 0 Å². The molecule has 1 aromatic carbocycles. The van der Waals surface area contributed by atoms with Crippen LogP contribution in [0.5, 0.6) is 5.88 Å². The topological polar surface area (TPSA) is 88.9 Å². The van der Waals surface area contributed by atoms with Gasteiger partial charge >= 0.3 is 18.7 Å².